The molecule has 0 aliphatic carbocycles. The van der Waals surface area contributed by atoms with E-state index in [0.717, 1.165) is 16.0 Å². The molecule has 1 aromatic heterocycles. The number of para-hydroxylation sites is 4. The molecule has 0 bridgehead atoms. The van der Waals surface area contributed by atoms with Gasteiger partial charge >= 0.3 is 6.55 Å². The molecule has 0 unspecified atom stereocenters. The molecule has 3 aromatic rings. The van der Waals surface area contributed by atoms with Crippen LogP contribution < -0.4 is 9.64 Å². The lowest BCUT2D eigenvalue weighted by molar-refractivity contribution is 0.0714. The second-order valence-electron chi connectivity index (χ2n) is 5.40. The lowest BCUT2D eigenvalue weighted by Crippen LogP contribution is -2.33. The molecular formula is C17H15F2N3O. The zero-order valence-corrected chi connectivity index (χ0v) is 12.3. The second kappa shape index (κ2) is 5.53. The van der Waals surface area contributed by atoms with Crippen LogP contribution in [-0.2, 0) is 6.54 Å². The Morgan fingerprint density at radius 3 is 2.74 bits per heavy atom. The first-order valence-corrected chi connectivity index (χ1v) is 7.45. The van der Waals surface area contributed by atoms with Crippen LogP contribution in [0.25, 0.3) is 11.0 Å². The van der Waals surface area contributed by atoms with Crippen LogP contribution in [0.4, 0.5) is 14.5 Å². The molecule has 1 aliphatic heterocycles. The maximum atomic E-state index is 13.5. The van der Waals surface area contributed by atoms with Gasteiger partial charge in [-0.3, -0.25) is 4.57 Å². The Kier molecular flexibility index (Phi) is 3.37. The van der Waals surface area contributed by atoms with E-state index in [9.17, 15) is 8.78 Å². The number of ether oxygens (including phenoxy) is 1. The van der Waals surface area contributed by atoms with E-state index in [1.165, 1.54) is 0 Å². The molecule has 0 radical (unpaired) electrons. The Balaban J connectivity index is 1.75. The monoisotopic (exact) mass is 315 g/mol. The van der Waals surface area contributed by atoms with Crippen LogP contribution in [-0.4, -0.2) is 22.7 Å². The quantitative estimate of drug-likeness (QED) is 0.736. The molecule has 0 fully saturated rings. The Morgan fingerprint density at radius 1 is 1.09 bits per heavy atom. The molecule has 23 heavy (non-hydrogen) atoms. The van der Waals surface area contributed by atoms with E-state index >= 15 is 0 Å². The van der Waals surface area contributed by atoms with Crippen LogP contribution in [0.15, 0.2) is 48.5 Å². The summed E-state index contributed by atoms with van der Waals surface area (Å²) in [6.07, 6.45) is 0. The number of hydrogen-bond acceptors (Lipinski definition) is 3. The number of imidazole rings is 1. The Bertz CT molecular complexity index is 847. The number of benzene rings is 2. The molecule has 2 aromatic carbocycles. The van der Waals surface area contributed by atoms with Crippen molar-refractivity contribution in [3.63, 3.8) is 0 Å². The normalized spacial score (nSPS) is 14.1. The average Bonchev–Trinajstić information content (AvgIpc) is 2.93. The molecule has 0 amide bonds. The Morgan fingerprint density at radius 2 is 1.87 bits per heavy atom. The third kappa shape index (κ3) is 2.40. The summed E-state index contributed by atoms with van der Waals surface area (Å²) in [4.78, 5) is 6.43. The van der Waals surface area contributed by atoms with Crippen molar-refractivity contribution in [2.24, 2.45) is 0 Å². The lowest BCUT2D eigenvalue weighted by Gasteiger charge is -2.31. The minimum atomic E-state index is -2.62. The van der Waals surface area contributed by atoms with Gasteiger partial charge in [0.15, 0.2) is 0 Å². The molecule has 2 heterocycles. The number of anilines is 1. The molecule has 0 spiro atoms. The number of halogens is 2. The van der Waals surface area contributed by atoms with Crippen LogP contribution in [0, 0.1) is 0 Å². The van der Waals surface area contributed by atoms with E-state index < -0.39 is 6.55 Å². The Hall–Kier alpha value is -2.63. The van der Waals surface area contributed by atoms with Crippen LogP contribution >= 0.6 is 0 Å². The van der Waals surface area contributed by atoms with E-state index in [2.05, 4.69) is 4.98 Å². The van der Waals surface area contributed by atoms with Gasteiger partial charge in [-0.1, -0.05) is 24.3 Å². The molecule has 0 N–H and O–H groups in total. The van der Waals surface area contributed by atoms with Crippen molar-refractivity contribution < 1.29 is 13.5 Å². The summed E-state index contributed by atoms with van der Waals surface area (Å²) < 4.78 is 33.7. The first-order chi connectivity index (χ1) is 11.2. The van der Waals surface area contributed by atoms with Gasteiger partial charge in [-0.05, 0) is 24.3 Å². The van der Waals surface area contributed by atoms with Crippen molar-refractivity contribution in [1.29, 1.82) is 0 Å². The van der Waals surface area contributed by atoms with E-state index in [1.54, 1.807) is 24.3 Å². The van der Waals surface area contributed by atoms with Crippen molar-refractivity contribution in [1.82, 2.24) is 9.55 Å². The molecule has 6 heteroatoms. The third-order valence-electron chi connectivity index (χ3n) is 4.02. The zero-order chi connectivity index (χ0) is 15.8. The fourth-order valence-corrected chi connectivity index (χ4v) is 2.99. The number of fused-ring (bicyclic) bond motifs is 2. The Labute approximate surface area is 131 Å². The maximum Gasteiger partial charge on any atom is 0.320 e. The fraction of sp³-hybridized carbons (Fsp3) is 0.235. The number of hydrogen-bond donors (Lipinski definition) is 0. The van der Waals surface area contributed by atoms with Crippen molar-refractivity contribution in [2.75, 3.05) is 18.1 Å². The number of aromatic nitrogens is 2. The smallest absolute Gasteiger partial charge is 0.320 e. The van der Waals surface area contributed by atoms with Gasteiger partial charge in [0, 0.05) is 0 Å². The highest BCUT2D eigenvalue weighted by molar-refractivity contribution is 5.76. The summed E-state index contributed by atoms with van der Waals surface area (Å²) in [7, 11) is 0. The van der Waals surface area contributed by atoms with Crippen molar-refractivity contribution >= 4 is 16.7 Å². The van der Waals surface area contributed by atoms with Crippen LogP contribution in [0.5, 0.6) is 5.75 Å². The van der Waals surface area contributed by atoms with Crippen molar-refractivity contribution in [2.45, 2.75) is 13.1 Å². The van der Waals surface area contributed by atoms with Gasteiger partial charge in [-0.25, -0.2) is 4.98 Å². The molecule has 4 nitrogen and oxygen atoms in total. The van der Waals surface area contributed by atoms with Crippen LogP contribution in [0.1, 0.15) is 12.4 Å². The number of rotatable bonds is 3. The number of alkyl halides is 2. The van der Waals surface area contributed by atoms with Gasteiger partial charge in [0.2, 0.25) is 0 Å². The minimum absolute atomic E-state index is 0.319. The average molecular weight is 315 g/mol. The number of nitrogens with zero attached hydrogens (tertiary/aromatic N) is 3. The topological polar surface area (TPSA) is 30.3 Å². The summed E-state index contributed by atoms with van der Waals surface area (Å²) in [5.74, 6) is 1.14. The molecule has 0 atom stereocenters. The molecule has 1 aliphatic rings. The van der Waals surface area contributed by atoms with E-state index in [0.29, 0.717) is 36.6 Å². The van der Waals surface area contributed by atoms with Gasteiger partial charge in [-0.2, -0.15) is 8.78 Å². The van der Waals surface area contributed by atoms with Crippen molar-refractivity contribution in [3.8, 4) is 5.75 Å². The van der Waals surface area contributed by atoms with Crippen molar-refractivity contribution in [3.05, 3.63) is 54.4 Å². The second-order valence-corrected chi connectivity index (χ2v) is 5.40. The zero-order valence-electron chi connectivity index (χ0n) is 12.3. The first kappa shape index (κ1) is 14.0. The summed E-state index contributed by atoms with van der Waals surface area (Å²) in [6.45, 7) is -1.12. The summed E-state index contributed by atoms with van der Waals surface area (Å²) in [5, 5.41) is 0. The SMILES string of the molecule is FC(F)n1c(CN2CCOc3ccccc32)nc2ccccc21. The molecule has 4 rings (SSSR count). The van der Waals surface area contributed by atoms with E-state index in [4.69, 9.17) is 4.74 Å². The summed E-state index contributed by atoms with van der Waals surface area (Å²) in [6, 6.07) is 14.6. The van der Waals surface area contributed by atoms with Gasteiger partial charge in [0.25, 0.3) is 0 Å². The first-order valence-electron chi connectivity index (χ1n) is 7.45. The van der Waals surface area contributed by atoms with E-state index in [-0.39, 0.29) is 0 Å². The van der Waals surface area contributed by atoms with Gasteiger partial charge in [0.1, 0.15) is 18.2 Å². The maximum absolute atomic E-state index is 13.5. The molecule has 0 saturated heterocycles. The lowest BCUT2D eigenvalue weighted by atomic mass is 10.2. The molecule has 118 valence electrons. The van der Waals surface area contributed by atoms with E-state index in [1.807, 2.05) is 29.2 Å². The molecular weight excluding hydrogens is 300 g/mol. The van der Waals surface area contributed by atoms with Gasteiger partial charge < -0.3 is 9.64 Å². The molecule has 0 saturated carbocycles. The highest BCUT2D eigenvalue weighted by atomic mass is 19.3. The largest absolute Gasteiger partial charge is 0.490 e. The fourth-order valence-electron chi connectivity index (χ4n) is 2.99. The third-order valence-corrected chi connectivity index (χ3v) is 4.02. The summed E-state index contributed by atoms with van der Waals surface area (Å²) in [5.41, 5.74) is 1.95. The van der Waals surface area contributed by atoms with Gasteiger partial charge in [-0.15, -0.1) is 0 Å². The van der Waals surface area contributed by atoms with Crippen LogP contribution in [0.3, 0.4) is 0 Å². The summed E-state index contributed by atoms with van der Waals surface area (Å²) >= 11 is 0. The minimum Gasteiger partial charge on any atom is -0.490 e. The highest BCUT2D eigenvalue weighted by Crippen LogP contribution is 2.33. The highest BCUT2D eigenvalue weighted by Gasteiger charge is 2.23. The predicted octanol–water partition coefficient (Wildman–Crippen LogP) is 3.83. The van der Waals surface area contributed by atoms with Gasteiger partial charge in [0.05, 0.1) is 29.8 Å². The predicted molar refractivity (Wildman–Crippen MR) is 84.0 cm³/mol. The van der Waals surface area contributed by atoms with Crippen LogP contribution in [0.2, 0.25) is 0 Å². The standard InChI is InChI=1S/C17H15F2N3O/c18-17(19)22-13-6-2-1-5-12(13)20-16(22)11-21-9-10-23-15-8-4-3-7-14(15)21/h1-8,17H,9-11H2.